The van der Waals surface area contributed by atoms with Gasteiger partial charge in [0, 0.05) is 28.2 Å². The number of aromatic nitrogens is 1. The first kappa shape index (κ1) is 16.1. The van der Waals surface area contributed by atoms with Gasteiger partial charge in [0.15, 0.2) is 0 Å². The summed E-state index contributed by atoms with van der Waals surface area (Å²) in [5.74, 6) is -1.56. The highest BCUT2D eigenvalue weighted by Gasteiger charge is 2.36. The molecule has 1 aliphatic carbocycles. The van der Waals surface area contributed by atoms with E-state index in [-0.39, 0.29) is 11.1 Å². The van der Waals surface area contributed by atoms with E-state index in [1.165, 1.54) is 12.3 Å². The van der Waals surface area contributed by atoms with E-state index in [1.54, 1.807) is 24.3 Å². The molecule has 6 heteroatoms. The van der Waals surface area contributed by atoms with Crippen molar-refractivity contribution in [2.24, 2.45) is 0 Å². The van der Waals surface area contributed by atoms with E-state index in [0.29, 0.717) is 39.9 Å². The first-order valence-corrected chi connectivity index (χ1v) is 8.33. The third kappa shape index (κ3) is 2.51. The van der Waals surface area contributed by atoms with Gasteiger partial charge in [0.25, 0.3) is 0 Å². The van der Waals surface area contributed by atoms with E-state index >= 15 is 0 Å². The molecule has 1 aromatic heterocycles. The Labute approximate surface area is 147 Å². The fraction of sp³-hybridized carbons (Fsp3) is 0.211. The molecule has 1 heterocycles. The normalized spacial score (nSPS) is 16.0. The number of rotatable bonds is 3. The van der Waals surface area contributed by atoms with Gasteiger partial charge in [-0.25, -0.2) is 9.18 Å². The quantitative estimate of drug-likeness (QED) is 0.634. The Kier molecular flexibility index (Phi) is 3.60. The highest BCUT2D eigenvalue weighted by Crippen LogP contribution is 2.42. The first-order chi connectivity index (χ1) is 11.9. The van der Waals surface area contributed by atoms with Crippen LogP contribution in [0.25, 0.3) is 22.0 Å². The maximum absolute atomic E-state index is 14.7. The summed E-state index contributed by atoms with van der Waals surface area (Å²) in [6.07, 6.45) is 3.57. The molecule has 2 aromatic carbocycles. The van der Waals surface area contributed by atoms with Crippen LogP contribution in [0.1, 0.15) is 35.2 Å². The van der Waals surface area contributed by atoms with Gasteiger partial charge in [-0.1, -0.05) is 23.7 Å². The predicted molar refractivity (Wildman–Crippen MR) is 93.4 cm³/mol. The summed E-state index contributed by atoms with van der Waals surface area (Å²) in [5.41, 5.74) is 0.993. The lowest BCUT2D eigenvalue weighted by molar-refractivity contribution is -0.0390. The van der Waals surface area contributed by atoms with Gasteiger partial charge in [-0.2, -0.15) is 0 Å². The SMILES string of the molecule is O=C(O)c1c[nH]c2cc(Cl)c(-c3ccc(C4(O)CCC4)cc3F)cc12. The van der Waals surface area contributed by atoms with Crippen LogP contribution in [0.3, 0.4) is 0 Å². The van der Waals surface area contributed by atoms with Crippen molar-refractivity contribution in [3.63, 3.8) is 0 Å². The molecule has 4 rings (SSSR count). The molecule has 0 amide bonds. The zero-order valence-corrected chi connectivity index (χ0v) is 13.9. The van der Waals surface area contributed by atoms with Crippen LogP contribution < -0.4 is 0 Å². The molecule has 0 atom stereocenters. The van der Waals surface area contributed by atoms with E-state index in [0.717, 1.165) is 6.42 Å². The Bertz CT molecular complexity index is 1010. The second-order valence-electron chi connectivity index (χ2n) is 6.46. The average Bonchev–Trinajstić information content (AvgIpc) is 2.94. The van der Waals surface area contributed by atoms with E-state index in [2.05, 4.69) is 4.98 Å². The van der Waals surface area contributed by atoms with E-state index in [4.69, 9.17) is 11.6 Å². The maximum Gasteiger partial charge on any atom is 0.337 e. The molecule has 4 nitrogen and oxygen atoms in total. The monoisotopic (exact) mass is 359 g/mol. The molecule has 0 unspecified atom stereocenters. The molecule has 128 valence electrons. The van der Waals surface area contributed by atoms with Crippen LogP contribution in [-0.4, -0.2) is 21.2 Å². The average molecular weight is 360 g/mol. The van der Waals surface area contributed by atoms with Crippen LogP contribution >= 0.6 is 11.6 Å². The van der Waals surface area contributed by atoms with Gasteiger partial charge in [0.2, 0.25) is 0 Å². The summed E-state index contributed by atoms with van der Waals surface area (Å²) in [6, 6.07) is 7.79. The number of benzene rings is 2. The van der Waals surface area contributed by atoms with Crippen LogP contribution in [-0.2, 0) is 5.60 Å². The number of halogens is 2. The van der Waals surface area contributed by atoms with E-state index in [1.807, 2.05) is 0 Å². The van der Waals surface area contributed by atoms with Gasteiger partial charge in [-0.05, 0) is 43.0 Å². The minimum absolute atomic E-state index is 0.105. The van der Waals surface area contributed by atoms with Gasteiger partial charge in [0.1, 0.15) is 5.82 Å². The maximum atomic E-state index is 14.7. The predicted octanol–water partition coefficient (Wildman–Crippen LogP) is 4.70. The third-order valence-corrected chi connectivity index (χ3v) is 5.29. The Morgan fingerprint density at radius 2 is 1.96 bits per heavy atom. The summed E-state index contributed by atoms with van der Waals surface area (Å²) in [7, 11) is 0. The van der Waals surface area contributed by atoms with Crippen LogP contribution in [0.5, 0.6) is 0 Å². The Morgan fingerprint density at radius 1 is 1.20 bits per heavy atom. The Morgan fingerprint density at radius 3 is 2.56 bits per heavy atom. The van der Waals surface area contributed by atoms with Crippen molar-refractivity contribution in [2.45, 2.75) is 24.9 Å². The molecular formula is C19H15ClFNO3. The number of H-pyrrole nitrogens is 1. The van der Waals surface area contributed by atoms with E-state index < -0.39 is 17.4 Å². The Hall–Kier alpha value is -2.37. The van der Waals surface area contributed by atoms with Crippen molar-refractivity contribution >= 4 is 28.5 Å². The van der Waals surface area contributed by atoms with Crippen molar-refractivity contribution in [3.05, 3.63) is 58.5 Å². The molecule has 0 bridgehead atoms. The number of carboxylic acids is 1. The molecule has 0 radical (unpaired) electrons. The third-order valence-electron chi connectivity index (χ3n) is 4.98. The molecule has 0 saturated heterocycles. The van der Waals surface area contributed by atoms with Gasteiger partial charge >= 0.3 is 5.97 Å². The van der Waals surface area contributed by atoms with Crippen molar-refractivity contribution in [3.8, 4) is 11.1 Å². The minimum atomic E-state index is -1.07. The second-order valence-corrected chi connectivity index (χ2v) is 6.87. The van der Waals surface area contributed by atoms with Crippen LogP contribution in [0.15, 0.2) is 36.5 Å². The lowest BCUT2D eigenvalue weighted by Gasteiger charge is -2.37. The second kappa shape index (κ2) is 5.58. The summed E-state index contributed by atoms with van der Waals surface area (Å²) in [5, 5.41) is 20.4. The lowest BCUT2D eigenvalue weighted by Crippen LogP contribution is -2.33. The van der Waals surface area contributed by atoms with Crippen molar-refractivity contribution in [1.82, 2.24) is 4.98 Å². The number of carboxylic acid groups (broad SMARTS) is 1. The molecule has 1 fully saturated rings. The molecule has 25 heavy (non-hydrogen) atoms. The number of hydrogen-bond donors (Lipinski definition) is 3. The zero-order chi connectivity index (χ0) is 17.8. The fourth-order valence-electron chi connectivity index (χ4n) is 3.35. The molecule has 0 spiro atoms. The van der Waals surface area contributed by atoms with Crippen molar-refractivity contribution in [1.29, 1.82) is 0 Å². The summed E-state index contributed by atoms with van der Waals surface area (Å²) < 4.78 is 14.7. The standard InChI is InChI=1S/C19H15ClFNO3/c20-15-8-17-13(14(9-22-17)18(23)24)7-12(15)11-3-2-10(6-16(11)21)19(25)4-1-5-19/h2-3,6-9,22,25H,1,4-5H2,(H,23,24). The number of aliphatic hydroxyl groups is 1. The molecule has 1 aliphatic rings. The number of aromatic amines is 1. The van der Waals surface area contributed by atoms with Crippen LogP contribution in [0, 0.1) is 5.82 Å². The molecule has 1 saturated carbocycles. The number of hydrogen-bond acceptors (Lipinski definition) is 2. The van der Waals surface area contributed by atoms with Crippen molar-refractivity contribution in [2.75, 3.05) is 0 Å². The molecular weight excluding hydrogens is 345 g/mol. The van der Waals surface area contributed by atoms with Gasteiger partial charge < -0.3 is 15.2 Å². The minimum Gasteiger partial charge on any atom is -0.478 e. The number of fused-ring (bicyclic) bond motifs is 1. The van der Waals surface area contributed by atoms with Crippen LogP contribution in [0.2, 0.25) is 5.02 Å². The zero-order valence-electron chi connectivity index (χ0n) is 13.1. The van der Waals surface area contributed by atoms with Gasteiger partial charge in [-0.15, -0.1) is 0 Å². The lowest BCUT2D eigenvalue weighted by atomic mass is 9.75. The molecule has 3 aromatic rings. The number of carbonyl (C=O) groups is 1. The summed E-state index contributed by atoms with van der Waals surface area (Å²) in [4.78, 5) is 14.2. The molecule has 0 aliphatic heterocycles. The smallest absolute Gasteiger partial charge is 0.337 e. The highest BCUT2D eigenvalue weighted by molar-refractivity contribution is 6.34. The van der Waals surface area contributed by atoms with Crippen molar-refractivity contribution < 1.29 is 19.4 Å². The Balaban J connectivity index is 1.85. The molecule has 3 N–H and O–H groups in total. The highest BCUT2D eigenvalue weighted by atomic mass is 35.5. The largest absolute Gasteiger partial charge is 0.478 e. The number of aromatic carboxylic acids is 1. The van der Waals surface area contributed by atoms with Gasteiger partial charge in [0.05, 0.1) is 16.2 Å². The topological polar surface area (TPSA) is 73.3 Å². The number of nitrogens with one attached hydrogen (secondary N) is 1. The first-order valence-electron chi connectivity index (χ1n) is 7.96. The summed E-state index contributed by atoms with van der Waals surface area (Å²) in [6.45, 7) is 0. The van der Waals surface area contributed by atoms with Crippen LogP contribution in [0.4, 0.5) is 4.39 Å². The fourth-order valence-corrected chi connectivity index (χ4v) is 3.62. The van der Waals surface area contributed by atoms with Gasteiger partial charge in [-0.3, -0.25) is 0 Å². The summed E-state index contributed by atoms with van der Waals surface area (Å²) >= 11 is 6.28. The van der Waals surface area contributed by atoms with E-state index in [9.17, 15) is 19.4 Å².